The molecule has 2 amide bonds. The third-order valence-electron chi connectivity index (χ3n) is 4.18. The third kappa shape index (κ3) is 4.22. The Morgan fingerprint density at radius 1 is 1.19 bits per heavy atom. The number of rotatable bonds is 4. The summed E-state index contributed by atoms with van der Waals surface area (Å²) in [6.45, 7) is 5.19. The van der Waals surface area contributed by atoms with Crippen molar-refractivity contribution < 1.29 is 9.53 Å². The van der Waals surface area contributed by atoms with Crippen molar-refractivity contribution in [3.63, 3.8) is 0 Å². The molecule has 3 rings (SSSR count). The molecule has 0 unspecified atom stereocenters. The highest BCUT2D eigenvalue weighted by atomic mass is 16.5. The number of aromatic nitrogens is 1. The minimum Gasteiger partial charge on any atom is -0.494 e. The van der Waals surface area contributed by atoms with E-state index < -0.39 is 0 Å². The van der Waals surface area contributed by atoms with Crippen molar-refractivity contribution in [3.8, 4) is 11.8 Å². The van der Waals surface area contributed by atoms with Gasteiger partial charge < -0.3 is 19.9 Å². The number of hydrogen-bond donors (Lipinski definition) is 1. The Morgan fingerprint density at radius 3 is 2.50 bits per heavy atom. The van der Waals surface area contributed by atoms with E-state index in [1.165, 1.54) is 0 Å². The Hall–Kier alpha value is -3.27. The van der Waals surface area contributed by atoms with Gasteiger partial charge in [0.2, 0.25) is 0 Å². The minimum atomic E-state index is -0.110. The van der Waals surface area contributed by atoms with Crippen LogP contribution in [0.3, 0.4) is 0 Å². The Labute approximate surface area is 152 Å². The van der Waals surface area contributed by atoms with E-state index in [1.807, 2.05) is 37.3 Å². The quantitative estimate of drug-likeness (QED) is 0.916. The molecule has 1 saturated heterocycles. The predicted octanol–water partition coefficient (Wildman–Crippen LogP) is 2.71. The first-order valence-electron chi connectivity index (χ1n) is 8.59. The largest absolute Gasteiger partial charge is 0.494 e. The zero-order valence-corrected chi connectivity index (χ0v) is 14.7. The summed E-state index contributed by atoms with van der Waals surface area (Å²) in [5.74, 6) is 1.62. The number of piperazine rings is 1. The Balaban J connectivity index is 1.52. The lowest BCUT2D eigenvalue weighted by Gasteiger charge is -2.35. The molecule has 1 aromatic heterocycles. The Bertz CT molecular complexity index is 775. The van der Waals surface area contributed by atoms with Gasteiger partial charge in [-0.1, -0.05) is 0 Å². The average molecular weight is 351 g/mol. The number of carbonyl (C=O) groups excluding carboxylic acids is 1. The first-order valence-corrected chi connectivity index (χ1v) is 8.59. The van der Waals surface area contributed by atoms with Crippen molar-refractivity contribution in [2.24, 2.45) is 0 Å². The molecule has 2 aromatic rings. The standard InChI is InChI=1S/C19H21N5O2/c1-2-26-17-6-4-16(5-7-17)22-19(25)24-11-9-23(10-12-24)18-8-3-15(13-20)14-21-18/h3-8,14H,2,9-12H2,1H3,(H,22,25). The molecule has 1 aliphatic rings. The zero-order chi connectivity index (χ0) is 18.4. The van der Waals surface area contributed by atoms with Gasteiger partial charge in [-0.05, 0) is 43.3 Å². The Kier molecular flexibility index (Phi) is 5.54. The lowest BCUT2D eigenvalue weighted by molar-refractivity contribution is 0.208. The van der Waals surface area contributed by atoms with Gasteiger partial charge in [-0.25, -0.2) is 9.78 Å². The van der Waals surface area contributed by atoms with Gasteiger partial charge >= 0.3 is 6.03 Å². The van der Waals surface area contributed by atoms with Crippen molar-refractivity contribution in [3.05, 3.63) is 48.2 Å². The van der Waals surface area contributed by atoms with Gasteiger partial charge in [0.05, 0.1) is 12.2 Å². The van der Waals surface area contributed by atoms with Crippen LogP contribution in [0.2, 0.25) is 0 Å². The molecule has 1 N–H and O–H groups in total. The fourth-order valence-corrected chi connectivity index (χ4v) is 2.78. The maximum Gasteiger partial charge on any atom is 0.321 e. The summed E-state index contributed by atoms with van der Waals surface area (Å²) in [6, 6.07) is 12.9. The van der Waals surface area contributed by atoms with Crippen LogP contribution in [0.5, 0.6) is 5.75 Å². The second kappa shape index (κ2) is 8.21. The van der Waals surface area contributed by atoms with E-state index in [0.717, 1.165) is 17.3 Å². The molecule has 7 nitrogen and oxygen atoms in total. The van der Waals surface area contributed by atoms with Crippen molar-refractivity contribution in [1.82, 2.24) is 9.88 Å². The van der Waals surface area contributed by atoms with Gasteiger partial charge in [0.1, 0.15) is 17.6 Å². The summed E-state index contributed by atoms with van der Waals surface area (Å²) in [7, 11) is 0. The summed E-state index contributed by atoms with van der Waals surface area (Å²) in [5, 5.41) is 11.7. The number of ether oxygens (including phenoxy) is 1. The molecule has 1 aromatic carbocycles. The predicted molar refractivity (Wildman–Crippen MR) is 99.4 cm³/mol. The number of urea groups is 1. The number of anilines is 2. The molecular weight excluding hydrogens is 330 g/mol. The summed E-state index contributed by atoms with van der Waals surface area (Å²) >= 11 is 0. The van der Waals surface area contributed by atoms with E-state index in [9.17, 15) is 4.79 Å². The van der Waals surface area contributed by atoms with Gasteiger partial charge in [0.15, 0.2) is 0 Å². The molecular formula is C19H21N5O2. The Morgan fingerprint density at radius 2 is 1.92 bits per heavy atom. The topological polar surface area (TPSA) is 81.5 Å². The maximum absolute atomic E-state index is 12.4. The fraction of sp³-hybridized carbons (Fsp3) is 0.316. The number of benzene rings is 1. The number of nitrogens with one attached hydrogen (secondary N) is 1. The SMILES string of the molecule is CCOc1ccc(NC(=O)N2CCN(c3ccc(C#N)cn3)CC2)cc1. The van der Waals surface area contributed by atoms with Crippen LogP contribution in [0, 0.1) is 11.3 Å². The van der Waals surface area contributed by atoms with E-state index in [0.29, 0.717) is 38.3 Å². The van der Waals surface area contributed by atoms with Crippen LogP contribution in [0.1, 0.15) is 12.5 Å². The molecule has 0 atom stereocenters. The van der Waals surface area contributed by atoms with E-state index in [4.69, 9.17) is 10.00 Å². The highest BCUT2D eigenvalue weighted by Crippen LogP contribution is 2.17. The smallest absolute Gasteiger partial charge is 0.321 e. The monoisotopic (exact) mass is 351 g/mol. The number of nitrogens with zero attached hydrogens (tertiary/aromatic N) is 4. The van der Waals surface area contributed by atoms with E-state index in [1.54, 1.807) is 17.2 Å². The molecule has 7 heteroatoms. The fourth-order valence-electron chi connectivity index (χ4n) is 2.78. The van der Waals surface area contributed by atoms with Crippen LogP contribution in [0.15, 0.2) is 42.6 Å². The molecule has 26 heavy (non-hydrogen) atoms. The number of pyridine rings is 1. The normalized spacial score (nSPS) is 13.8. The van der Waals surface area contributed by atoms with E-state index in [2.05, 4.69) is 21.3 Å². The zero-order valence-electron chi connectivity index (χ0n) is 14.7. The second-order valence-corrected chi connectivity index (χ2v) is 5.88. The van der Waals surface area contributed by atoms with Crippen LogP contribution in [0.4, 0.5) is 16.3 Å². The molecule has 0 aliphatic carbocycles. The molecule has 0 bridgehead atoms. The molecule has 0 saturated carbocycles. The van der Waals surface area contributed by atoms with Crippen molar-refractivity contribution >= 4 is 17.5 Å². The van der Waals surface area contributed by atoms with Crippen LogP contribution in [-0.2, 0) is 0 Å². The number of nitriles is 1. The van der Waals surface area contributed by atoms with Gasteiger partial charge in [0.25, 0.3) is 0 Å². The first kappa shape index (κ1) is 17.5. The molecule has 0 spiro atoms. The van der Waals surface area contributed by atoms with Gasteiger partial charge in [-0.2, -0.15) is 5.26 Å². The lowest BCUT2D eigenvalue weighted by Crippen LogP contribution is -2.50. The van der Waals surface area contributed by atoms with Crippen LogP contribution < -0.4 is 15.0 Å². The average Bonchev–Trinajstić information content (AvgIpc) is 2.70. The second-order valence-electron chi connectivity index (χ2n) is 5.88. The minimum absolute atomic E-state index is 0.110. The van der Waals surface area contributed by atoms with Crippen molar-refractivity contribution in [2.45, 2.75) is 6.92 Å². The number of hydrogen-bond acceptors (Lipinski definition) is 5. The summed E-state index contributed by atoms with van der Waals surface area (Å²) in [4.78, 5) is 20.6. The summed E-state index contributed by atoms with van der Waals surface area (Å²) in [5.41, 5.74) is 1.29. The van der Waals surface area contributed by atoms with E-state index in [-0.39, 0.29) is 6.03 Å². The van der Waals surface area contributed by atoms with Crippen molar-refractivity contribution in [1.29, 1.82) is 5.26 Å². The van der Waals surface area contributed by atoms with Crippen LogP contribution >= 0.6 is 0 Å². The molecule has 2 heterocycles. The van der Waals surface area contributed by atoms with Gasteiger partial charge in [-0.15, -0.1) is 0 Å². The molecule has 0 radical (unpaired) electrons. The molecule has 1 fully saturated rings. The number of amides is 2. The molecule has 1 aliphatic heterocycles. The maximum atomic E-state index is 12.4. The first-order chi connectivity index (χ1) is 12.7. The number of carbonyl (C=O) groups is 1. The van der Waals surface area contributed by atoms with Crippen molar-refractivity contribution in [2.75, 3.05) is 43.0 Å². The van der Waals surface area contributed by atoms with Gasteiger partial charge in [-0.3, -0.25) is 0 Å². The molecule has 134 valence electrons. The lowest BCUT2D eigenvalue weighted by atomic mass is 10.2. The van der Waals surface area contributed by atoms with Gasteiger partial charge in [0, 0.05) is 38.1 Å². The highest BCUT2D eigenvalue weighted by Gasteiger charge is 2.22. The highest BCUT2D eigenvalue weighted by molar-refractivity contribution is 5.89. The summed E-state index contributed by atoms with van der Waals surface area (Å²) < 4.78 is 5.40. The summed E-state index contributed by atoms with van der Waals surface area (Å²) in [6.07, 6.45) is 1.57. The van der Waals surface area contributed by atoms with E-state index >= 15 is 0 Å². The van der Waals surface area contributed by atoms with Crippen LogP contribution in [-0.4, -0.2) is 48.7 Å². The third-order valence-corrected chi connectivity index (χ3v) is 4.18. The van der Waals surface area contributed by atoms with Crippen LogP contribution in [0.25, 0.3) is 0 Å².